The highest BCUT2D eigenvalue weighted by molar-refractivity contribution is 6.09. The summed E-state index contributed by atoms with van der Waals surface area (Å²) in [7, 11) is 0. The van der Waals surface area contributed by atoms with Gasteiger partial charge in [-0.2, -0.15) is 0 Å². The maximum Gasteiger partial charge on any atom is 0.255 e. The fourth-order valence-electron chi connectivity index (χ4n) is 4.84. The van der Waals surface area contributed by atoms with Crippen molar-refractivity contribution in [2.45, 2.75) is 65.0 Å². The molecule has 3 N–H and O–H groups in total. The molecule has 2 atom stereocenters. The van der Waals surface area contributed by atoms with E-state index in [1.807, 2.05) is 26.0 Å². The second kappa shape index (κ2) is 9.08. The van der Waals surface area contributed by atoms with E-state index >= 15 is 0 Å². The lowest BCUT2D eigenvalue weighted by Gasteiger charge is -2.14. The van der Waals surface area contributed by atoms with Gasteiger partial charge in [-0.25, -0.2) is 9.97 Å². The molecule has 2 amide bonds. The predicted molar refractivity (Wildman–Crippen MR) is 130 cm³/mol. The number of nitrogens with zero attached hydrogens (tertiary/aromatic N) is 2. The summed E-state index contributed by atoms with van der Waals surface area (Å²) in [6.07, 6.45) is 6.39. The summed E-state index contributed by atoms with van der Waals surface area (Å²) < 4.78 is 6.15. The molecule has 2 aromatic heterocycles. The minimum Gasteiger partial charge on any atom is -0.493 e. The van der Waals surface area contributed by atoms with Crippen LogP contribution in [-0.2, 0) is 4.79 Å². The Morgan fingerprint density at radius 3 is 2.59 bits per heavy atom. The number of hydrogen-bond acceptors (Lipinski definition) is 5. The maximum atomic E-state index is 13.3. The minimum absolute atomic E-state index is 0.0224. The summed E-state index contributed by atoms with van der Waals surface area (Å²) in [6, 6.07) is 6.24. The molecule has 34 heavy (non-hydrogen) atoms. The molecular weight excluding hydrogens is 430 g/mol. The lowest BCUT2D eigenvalue weighted by molar-refractivity contribution is -0.119. The SMILES string of the molecule is CC(=O)N[C@H]1CC[C@H](NC(=O)c2c(C)[nH]c3c(-c4cc(C)ccc4OCC4CC4)ncnc23)C1. The van der Waals surface area contributed by atoms with Crippen molar-refractivity contribution in [3.05, 3.63) is 41.3 Å². The monoisotopic (exact) mass is 461 g/mol. The van der Waals surface area contributed by atoms with Crippen LogP contribution in [0, 0.1) is 19.8 Å². The number of amides is 2. The molecule has 5 rings (SSSR count). The van der Waals surface area contributed by atoms with E-state index in [-0.39, 0.29) is 23.9 Å². The van der Waals surface area contributed by atoms with Crippen LogP contribution in [0.3, 0.4) is 0 Å². The number of benzene rings is 1. The number of nitrogens with one attached hydrogen (secondary N) is 3. The number of carbonyl (C=O) groups excluding carboxylic acids is 2. The van der Waals surface area contributed by atoms with Crippen molar-refractivity contribution in [2.24, 2.45) is 5.92 Å². The van der Waals surface area contributed by atoms with E-state index in [0.29, 0.717) is 23.6 Å². The molecule has 2 heterocycles. The quantitative estimate of drug-likeness (QED) is 0.496. The van der Waals surface area contributed by atoms with Crippen molar-refractivity contribution in [3.8, 4) is 17.0 Å². The molecule has 178 valence electrons. The number of H-pyrrole nitrogens is 1. The topological polar surface area (TPSA) is 109 Å². The number of fused-ring (bicyclic) bond motifs is 1. The first kappa shape index (κ1) is 22.4. The van der Waals surface area contributed by atoms with Crippen molar-refractivity contribution >= 4 is 22.8 Å². The third-order valence-electron chi connectivity index (χ3n) is 6.74. The highest BCUT2D eigenvalue weighted by Crippen LogP contribution is 2.37. The van der Waals surface area contributed by atoms with Crippen LogP contribution in [0.15, 0.2) is 24.5 Å². The second-order valence-electron chi connectivity index (χ2n) is 9.71. The summed E-state index contributed by atoms with van der Waals surface area (Å²) in [5, 5.41) is 6.09. The number of aromatic nitrogens is 3. The standard InChI is InChI=1S/C26H31N5O3/c1-14-4-9-21(34-12-17-5-6-17)20(10-14)23-25-24(28-13-27-23)22(15(2)29-25)26(33)31-19-8-7-18(11-19)30-16(3)32/h4,9-10,13,17-19,29H,5-8,11-12H2,1-3H3,(H,30,32)(H,31,33)/t18-,19-/m0/s1. The molecule has 2 saturated carbocycles. The molecule has 0 unspecified atom stereocenters. The van der Waals surface area contributed by atoms with Gasteiger partial charge in [-0.3, -0.25) is 9.59 Å². The molecule has 8 nitrogen and oxygen atoms in total. The molecule has 0 aliphatic heterocycles. The Hall–Kier alpha value is -3.42. The number of carbonyl (C=O) groups is 2. The zero-order valence-corrected chi connectivity index (χ0v) is 19.9. The number of aromatic amines is 1. The molecule has 0 spiro atoms. The molecule has 2 aliphatic carbocycles. The first-order valence-electron chi connectivity index (χ1n) is 12.0. The number of ether oxygens (including phenoxy) is 1. The van der Waals surface area contributed by atoms with Gasteiger partial charge in [0.25, 0.3) is 5.91 Å². The molecule has 0 bridgehead atoms. The molecule has 1 aromatic carbocycles. The van der Waals surface area contributed by atoms with Crippen LogP contribution in [-0.4, -0.2) is 45.5 Å². The van der Waals surface area contributed by atoms with Gasteiger partial charge in [0.05, 0.1) is 17.7 Å². The van der Waals surface area contributed by atoms with Crippen LogP contribution in [0.4, 0.5) is 0 Å². The van der Waals surface area contributed by atoms with Crippen LogP contribution >= 0.6 is 0 Å². The first-order chi connectivity index (χ1) is 16.4. The van der Waals surface area contributed by atoms with Gasteiger partial charge in [0.1, 0.15) is 23.3 Å². The van der Waals surface area contributed by atoms with Crippen molar-refractivity contribution in [2.75, 3.05) is 6.61 Å². The summed E-state index contributed by atoms with van der Waals surface area (Å²) in [5.74, 6) is 1.25. The Morgan fingerprint density at radius 1 is 1.09 bits per heavy atom. The first-order valence-corrected chi connectivity index (χ1v) is 12.0. The maximum absolute atomic E-state index is 13.3. The molecule has 2 fully saturated rings. The largest absolute Gasteiger partial charge is 0.493 e. The van der Waals surface area contributed by atoms with Crippen molar-refractivity contribution in [3.63, 3.8) is 0 Å². The lowest BCUT2D eigenvalue weighted by atomic mass is 10.1. The fraction of sp³-hybridized carbons (Fsp3) is 0.462. The Kier molecular flexibility index (Phi) is 5.98. The molecule has 2 aliphatic rings. The molecule has 8 heteroatoms. The summed E-state index contributed by atoms with van der Waals surface area (Å²) >= 11 is 0. The van der Waals surface area contributed by atoms with Crippen LogP contribution in [0.25, 0.3) is 22.3 Å². The van der Waals surface area contributed by atoms with Gasteiger partial charge in [-0.15, -0.1) is 0 Å². The van der Waals surface area contributed by atoms with Gasteiger partial charge < -0.3 is 20.4 Å². The third-order valence-corrected chi connectivity index (χ3v) is 6.74. The number of rotatable bonds is 7. The van der Waals surface area contributed by atoms with E-state index in [4.69, 9.17) is 4.74 Å². The summed E-state index contributed by atoms with van der Waals surface area (Å²) in [6.45, 7) is 6.16. The third kappa shape index (κ3) is 4.62. The van der Waals surface area contributed by atoms with Crippen LogP contribution < -0.4 is 15.4 Å². The average molecular weight is 462 g/mol. The zero-order valence-electron chi connectivity index (χ0n) is 19.9. The van der Waals surface area contributed by atoms with Gasteiger partial charge in [-0.1, -0.05) is 11.6 Å². The number of hydrogen-bond donors (Lipinski definition) is 3. The van der Waals surface area contributed by atoms with E-state index in [2.05, 4.69) is 31.7 Å². The Bertz CT molecular complexity index is 1250. The zero-order chi connectivity index (χ0) is 23.8. The predicted octanol–water partition coefficient (Wildman–Crippen LogP) is 3.82. The smallest absolute Gasteiger partial charge is 0.255 e. The van der Waals surface area contributed by atoms with E-state index in [1.54, 1.807) is 0 Å². The highest BCUT2D eigenvalue weighted by atomic mass is 16.5. The Balaban J connectivity index is 1.44. The van der Waals surface area contributed by atoms with Crippen LogP contribution in [0.5, 0.6) is 5.75 Å². The molecule has 0 radical (unpaired) electrons. The normalized spacial score (nSPS) is 19.9. The lowest BCUT2D eigenvalue weighted by Crippen LogP contribution is -2.36. The van der Waals surface area contributed by atoms with Crippen molar-refractivity contribution in [1.82, 2.24) is 25.6 Å². The van der Waals surface area contributed by atoms with Crippen LogP contribution in [0.1, 0.15) is 60.6 Å². The molecule has 0 saturated heterocycles. The highest BCUT2D eigenvalue weighted by Gasteiger charge is 2.29. The second-order valence-corrected chi connectivity index (χ2v) is 9.71. The minimum atomic E-state index is -0.156. The fourth-order valence-corrected chi connectivity index (χ4v) is 4.84. The van der Waals surface area contributed by atoms with E-state index in [1.165, 1.54) is 26.1 Å². The van der Waals surface area contributed by atoms with Crippen molar-refractivity contribution < 1.29 is 14.3 Å². The van der Waals surface area contributed by atoms with Gasteiger partial charge >= 0.3 is 0 Å². The van der Waals surface area contributed by atoms with E-state index in [9.17, 15) is 9.59 Å². The molecular formula is C26H31N5O3. The van der Waals surface area contributed by atoms with Crippen LogP contribution in [0.2, 0.25) is 0 Å². The average Bonchev–Trinajstić information content (AvgIpc) is 3.42. The van der Waals surface area contributed by atoms with Gasteiger partial charge in [0.15, 0.2) is 0 Å². The van der Waals surface area contributed by atoms with Crippen molar-refractivity contribution in [1.29, 1.82) is 0 Å². The molecule has 3 aromatic rings. The van der Waals surface area contributed by atoms with E-state index in [0.717, 1.165) is 53.0 Å². The van der Waals surface area contributed by atoms with Gasteiger partial charge in [-0.05, 0) is 64.0 Å². The summed E-state index contributed by atoms with van der Waals surface area (Å²) in [4.78, 5) is 37.0. The number of aryl methyl sites for hydroxylation is 2. The van der Waals surface area contributed by atoms with Gasteiger partial charge in [0.2, 0.25) is 5.91 Å². The Morgan fingerprint density at radius 2 is 1.85 bits per heavy atom. The Labute approximate surface area is 198 Å². The van der Waals surface area contributed by atoms with Gasteiger partial charge in [0, 0.05) is 30.3 Å². The van der Waals surface area contributed by atoms with E-state index < -0.39 is 0 Å². The summed E-state index contributed by atoms with van der Waals surface area (Å²) in [5.41, 5.74) is 5.36.